The first-order chi connectivity index (χ1) is 10.2. The Morgan fingerprint density at radius 1 is 1.10 bits per heavy atom. The van der Waals surface area contributed by atoms with E-state index in [1.165, 1.54) is 0 Å². The van der Waals surface area contributed by atoms with Crippen molar-refractivity contribution in [2.75, 3.05) is 5.75 Å². The van der Waals surface area contributed by atoms with E-state index in [1.54, 1.807) is 11.8 Å². The van der Waals surface area contributed by atoms with Crippen LogP contribution in [-0.4, -0.2) is 21.1 Å². The first kappa shape index (κ1) is 13.9. The minimum atomic E-state index is 0.197. The van der Waals surface area contributed by atoms with Crippen LogP contribution in [0.25, 0.3) is 11.0 Å². The van der Waals surface area contributed by atoms with E-state index in [9.17, 15) is 4.79 Å². The Kier molecular flexibility index (Phi) is 4.06. The molecule has 1 heterocycles. The molecule has 0 aliphatic heterocycles. The summed E-state index contributed by atoms with van der Waals surface area (Å²) >= 11 is 1.57. The summed E-state index contributed by atoms with van der Waals surface area (Å²) in [6, 6.07) is 17.9. The van der Waals surface area contributed by atoms with Crippen molar-refractivity contribution >= 4 is 28.6 Å². The molecule has 3 rings (SSSR count). The van der Waals surface area contributed by atoms with E-state index >= 15 is 0 Å². The quantitative estimate of drug-likeness (QED) is 0.676. The Morgan fingerprint density at radius 2 is 1.81 bits per heavy atom. The number of rotatable bonds is 5. The minimum absolute atomic E-state index is 0.197. The van der Waals surface area contributed by atoms with Crippen molar-refractivity contribution in [2.24, 2.45) is 7.05 Å². The molecule has 1 aromatic heterocycles. The van der Waals surface area contributed by atoms with Gasteiger partial charge >= 0.3 is 0 Å². The fraction of sp³-hybridized carbons (Fsp3) is 0.176. The average molecular weight is 296 g/mol. The molecule has 0 fully saturated rings. The van der Waals surface area contributed by atoms with E-state index in [-0.39, 0.29) is 5.78 Å². The predicted molar refractivity (Wildman–Crippen MR) is 86.6 cm³/mol. The van der Waals surface area contributed by atoms with E-state index in [0.29, 0.717) is 12.2 Å². The zero-order chi connectivity index (χ0) is 14.7. The summed E-state index contributed by atoms with van der Waals surface area (Å²) < 4.78 is 2.00. The van der Waals surface area contributed by atoms with Crippen molar-refractivity contribution in [3.05, 3.63) is 60.4 Å². The van der Waals surface area contributed by atoms with E-state index < -0.39 is 0 Å². The number of aryl methyl sites for hydroxylation is 1. The molecule has 106 valence electrons. The molecule has 4 heteroatoms. The molecule has 0 unspecified atom stereocenters. The summed E-state index contributed by atoms with van der Waals surface area (Å²) in [4.78, 5) is 17.8. The highest BCUT2D eigenvalue weighted by atomic mass is 32.2. The summed E-state index contributed by atoms with van der Waals surface area (Å²) in [5, 5.41) is 0. The lowest BCUT2D eigenvalue weighted by Crippen LogP contribution is -2.10. The van der Waals surface area contributed by atoms with Gasteiger partial charge in [-0.15, -0.1) is 11.8 Å². The van der Waals surface area contributed by atoms with Gasteiger partial charge in [0.25, 0.3) is 0 Å². The second-order valence-corrected chi connectivity index (χ2v) is 5.94. The molecule has 0 N–H and O–H groups in total. The minimum Gasteiger partial charge on any atom is -0.331 e. The maximum atomic E-state index is 12.1. The van der Waals surface area contributed by atoms with Crippen LogP contribution >= 0.6 is 11.8 Å². The zero-order valence-corrected chi connectivity index (χ0v) is 12.6. The highest BCUT2D eigenvalue weighted by Gasteiger charge is 2.11. The van der Waals surface area contributed by atoms with Gasteiger partial charge in [-0.3, -0.25) is 4.79 Å². The second kappa shape index (κ2) is 6.14. The van der Waals surface area contributed by atoms with Gasteiger partial charge in [-0.1, -0.05) is 30.3 Å². The van der Waals surface area contributed by atoms with Crippen LogP contribution in [0.1, 0.15) is 5.82 Å². The Morgan fingerprint density at radius 3 is 2.57 bits per heavy atom. The van der Waals surface area contributed by atoms with Gasteiger partial charge in [0.2, 0.25) is 0 Å². The number of para-hydroxylation sites is 2. The second-order valence-electron chi connectivity index (χ2n) is 4.89. The monoisotopic (exact) mass is 296 g/mol. The number of hydrogen-bond donors (Lipinski definition) is 0. The molecule has 0 spiro atoms. The summed E-state index contributed by atoms with van der Waals surface area (Å²) in [6.07, 6.45) is 0.380. The van der Waals surface area contributed by atoms with Crippen LogP contribution in [-0.2, 0) is 18.3 Å². The van der Waals surface area contributed by atoms with E-state index in [1.807, 2.05) is 66.2 Å². The Labute approximate surface area is 128 Å². The van der Waals surface area contributed by atoms with Crippen molar-refractivity contribution in [2.45, 2.75) is 11.3 Å². The van der Waals surface area contributed by atoms with E-state index in [4.69, 9.17) is 0 Å². The zero-order valence-electron chi connectivity index (χ0n) is 11.8. The number of Topliss-reactive ketones (excluding diaryl/α,β-unsaturated/α-hetero) is 1. The largest absolute Gasteiger partial charge is 0.331 e. The number of carbonyl (C=O) groups excluding carboxylic acids is 1. The number of hydrogen-bond acceptors (Lipinski definition) is 3. The highest BCUT2D eigenvalue weighted by Crippen LogP contribution is 2.19. The number of imidazole rings is 1. The Bertz CT molecular complexity index is 765. The molecule has 0 saturated heterocycles. The first-order valence-electron chi connectivity index (χ1n) is 6.84. The van der Waals surface area contributed by atoms with Gasteiger partial charge in [0, 0.05) is 11.9 Å². The maximum absolute atomic E-state index is 12.1. The number of benzene rings is 2. The van der Waals surface area contributed by atoms with Crippen LogP contribution in [0, 0.1) is 0 Å². The number of carbonyl (C=O) groups is 1. The van der Waals surface area contributed by atoms with E-state index in [2.05, 4.69) is 4.98 Å². The third-order valence-corrected chi connectivity index (χ3v) is 4.45. The number of aromatic nitrogens is 2. The molecule has 0 aliphatic carbocycles. The molecular formula is C17H16N2OS. The molecule has 0 bridgehead atoms. The fourth-order valence-corrected chi connectivity index (χ4v) is 3.04. The fourth-order valence-electron chi connectivity index (χ4n) is 2.26. The normalized spacial score (nSPS) is 10.9. The molecule has 0 saturated carbocycles. The number of nitrogens with zero attached hydrogens (tertiary/aromatic N) is 2. The summed E-state index contributed by atoms with van der Waals surface area (Å²) in [7, 11) is 1.96. The van der Waals surface area contributed by atoms with Crippen molar-refractivity contribution in [3.63, 3.8) is 0 Å². The SMILES string of the molecule is Cn1c(CC(=O)CSc2ccccc2)nc2ccccc21. The topological polar surface area (TPSA) is 34.9 Å². The first-order valence-corrected chi connectivity index (χ1v) is 7.82. The molecule has 0 atom stereocenters. The molecule has 3 aromatic rings. The molecule has 2 aromatic carbocycles. The van der Waals surface area contributed by atoms with Crippen molar-refractivity contribution < 1.29 is 4.79 Å². The maximum Gasteiger partial charge on any atom is 0.150 e. The van der Waals surface area contributed by atoms with Crippen LogP contribution < -0.4 is 0 Å². The summed E-state index contributed by atoms with van der Waals surface area (Å²) in [5.74, 6) is 1.50. The lowest BCUT2D eigenvalue weighted by atomic mass is 10.3. The molecule has 0 radical (unpaired) electrons. The molecule has 21 heavy (non-hydrogen) atoms. The highest BCUT2D eigenvalue weighted by molar-refractivity contribution is 8.00. The van der Waals surface area contributed by atoms with Crippen LogP contribution in [0.15, 0.2) is 59.5 Å². The van der Waals surface area contributed by atoms with Crippen LogP contribution in [0.5, 0.6) is 0 Å². The van der Waals surface area contributed by atoms with Crippen LogP contribution in [0.2, 0.25) is 0 Å². The van der Waals surface area contributed by atoms with Crippen LogP contribution in [0.3, 0.4) is 0 Å². The molecular weight excluding hydrogens is 280 g/mol. The van der Waals surface area contributed by atoms with Crippen LogP contribution in [0.4, 0.5) is 0 Å². The van der Waals surface area contributed by atoms with Gasteiger partial charge in [0.05, 0.1) is 23.2 Å². The third kappa shape index (κ3) is 3.16. The molecule has 3 nitrogen and oxygen atoms in total. The number of ketones is 1. The standard InChI is InChI=1S/C17H16N2OS/c1-19-16-10-6-5-9-15(16)18-17(19)11-13(20)12-21-14-7-3-2-4-8-14/h2-10H,11-12H2,1H3. The molecule has 0 amide bonds. The summed E-state index contributed by atoms with van der Waals surface area (Å²) in [6.45, 7) is 0. The van der Waals surface area contributed by atoms with Crippen molar-refractivity contribution in [1.29, 1.82) is 0 Å². The van der Waals surface area contributed by atoms with Crippen molar-refractivity contribution in [1.82, 2.24) is 9.55 Å². The van der Waals surface area contributed by atoms with Gasteiger partial charge in [0.15, 0.2) is 5.78 Å². The van der Waals surface area contributed by atoms with Gasteiger partial charge < -0.3 is 4.57 Å². The predicted octanol–water partition coefficient (Wildman–Crippen LogP) is 3.48. The lowest BCUT2D eigenvalue weighted by molar-refractivity contribution is -0.116. The smallest absolute Gasteiger partial charge is 0.150 e. The lowest BCUT2D eigenvalue weighted by Gasteiger charge is -2.02. The summed E-state index contributed by atoms with van der Waals surface area (Å²) in [5.41, 5.74) is 2.01. The van der Waals surface area contributed by atoms with Gasteiger partial charge in [-0.05, 0) is 24.3 Å². The average Bonchev–Trinajstić information content (AvgIpc) is 2.83. The Hall–Kier alpha value is -2.07. The van der Waals surface area contributed by atoms with Gasteiger partial charge in [-0.25, -0.2) is 4.98 Å². The van der Waals surface area contributed by atoms with Crippen molar-refractivity contribution in [3.8, 4) is 0 Å². The van der Waals surface area contributed by atoms with E-state index in [0.717, 1.165) is 21.8 Å². The number of fused-ring (bicyclic) bond motifs is 1. The van der Waals surface area contributed by atoms with Gasteiger partial charge in [0.1, 0.15) is 5.82 Å². The Balaban J connectivity index is 1.67. The number of thioether (sulfide) groups is 1. The third-order valence-electron chi connectivity index (χ3n) is 3.38. The van der Waals surface area contributed by atoms with Gasteiger partial charge in [-0.2, -0.15) is 0 Å². The molecule has 0 aliphatic rings.